The molecule has 10 rings (SSSR count). The van der Waals surface area contributed by atoms with Crippen LogP contribution in [0.2, 0.25) is 19.6 Å². The van der Waals surface area contributed by atoms with Crippen LogP contribution in [0.1, 0.15) is 21.5 Å². The van der Waals surface area contributed by atoms with Crippen LogP contribution in [0.4, 0.5) is 0 Å². The quantitative estimate of drug-likeness (QED) is 0.0587. The summed E-state index contributed by atoms with van der Waals surface area (Å²) in [6.07, 6.45) is 4.46. The summed E-state index contributed by atoms with van der Waals surface area (Å²) in [7, 11) is -1.56. The maximum Gasteiger partial charge on any atom is 0.189 e. The molecule has 0 saturated carbocycles. The van der Waals surface area contributed by atoms with Gasteiger partial charge in [-0.3, -0.25) is 9.78 Å². The molecule has 6 nitrogen and oxygen atoms in total. The fourth-order valence-corrected chi connectivity index (χ4v) is 8.65. The summed E-state index contributed by atoms with van der Waals surface area (Å²) >= 11 is 0. The number of furan rings is 2. The molecule has 4 heterocycles. The van der Waals surface area contributed by atoms with Crippen LogP contribution in [0, 0.1) is 13.1 Å². The van der Waals surface area contributed by atoms with E-state index >= 15 is 0 Å². The summed E-state index contributed by atoms with van der Waals surface area (Å²) in [6, 6.07) is 49.6. The fraction of sp³-hybridized carbons (Fsp3) is 0.0784. The number of aromatic nitrogens is 2. The number of carbonyl (C=O) groups excluding carboxylic acids is 1. The molecule has 0 fully saturated rings. The van der Waals surface area contributed by atoms with Gasteiger partial charge in [0, 0.05) is 64.4 Å². The largest absolute Gasteiger partial charge is 0.507 e. The van der Waals surface area contributed by atoms with Gasteiger partial charge < -0.3 is 18.9 Å². The molecule has 0 aliphatic carbocycles. The van der Waals surface area contributed by atoms with Crippen LogP contribution in [0.25, 0.3) is 83.1 Å². The molecule has 0 amide bonds. The Labute approximate surface area is 356 Å². The Bertz CT molecular complexity index is 3200. The summed E-state index contributed by atoms with van der Waals surface area (Å²) in [6.45, 7) is 9.23. The van der Waals surface area contributed by atoms with Crippen molar-refractivity contribution in [1.82, 2.24) is 9.97 Å². The van der Waals surface area contributed by atoms with Gasteiger partial charge in [0.05, 0.1) is 13.6 Å². The first-order valence-electron chi connectivity index (χ1n) is 19.2. The molecule has 59 heavy (non-hydrogen) atoms. The normalized spacial score (nSPS) is 11.8. The molecule has 0 aliphatic rings. The molecule has 8 heteroatoms. The van der Waals surface area contributed by atoms with Crippen LogP contribution in [0.3, 0.4) is 0 Å². The Kier molecular flexibility index (Phi) is 10.7. The van der Waals surface area contributed by atoms with Gasteiger partial charge in [-0.05, 0) is 53.5 Å². The molecule has 0 aliphatic heterocycles. The summed E-state index contributed by atoms with van der Waals surface area (Å²) in [5, 5.41) is 16.6. The SMILES string of the molecule is Cc1cccc2oc3n[c-]c(-c4cc(-c5cccc6c5oc5ccccc56)c5cc([Si](C)(C)C)ccc5n4)cc3c12.O=C(/C=C(\O)c1ccccc1)c1ccccc1.[Ir]. The van der Waals surface area contributed by atoms with Gasteiger partial charge in [-0.15, -0.1) is 11.6 Å². The fourth-order valence-electron chi connectivity index (χ4n) is 7.49. The van der Waals surface area contributed by atoms with Gasteiger partial charge in [0.1, 0.15) is 28.2 Å². The first-order valence-corrected chi connectivity index (χ1v) is 22.7. The van der Waals surface area contributed by atoms with E-state index < -0.39 is 8.07 Å². The second-order valence-electron chi connectivity index (χ2n) is 15.5. The summed E-state index contributed by atoms with van der Waals surface area (Å²) in [5.41, 5.74) is 10.3. The van der Waals surface area contributed by atoms with Gasteiger partial charge in [0.25, 0.3) is 0 Å². The number of nitrogens with zero attached hydrogens (tertiary/aromatic N) is 2. The predicted molar refractivity (Wildman–Crippen MR) is 239 cm³/mol. The monoisotopic (exact) mass is 964 g/mol. The van der Waals surface area contributed by atoms with E-state index in [4.69, 9.17) is 13.8 Å². The number of allylic oxidation sites excluding steroid dienone is 1. The number of pyridine rings is 2. The van der Waals surface area contributed by atoms with E-state index in [1.165, 1.54) is 11.3 Å². The van der Waals surface area contributed by atoms with Crippen LogP contribution < -0.4 is 5.19 Å². The number of aliphatic hydroxyl groups excluding tert-OH is 1. The van der Waals surface area contributed by atoms with Gasteiger partial charge >= 0.3 is 0 Å². The van der Waals surface area contributed by atoms with Crippen LogP contribution in [0.15, 0.2) is 167 Å². The number of benzene rings is 6. The summed E-state index contributed by atoms with van der Waals surface area (Å²) in [5.74, 6) is -0.216. The molecule has 1 N–H and O–H groups in total. The molecule has 1 radical (unpaired) electrons. The van der Waals surface area contributed by atoms with Crippen molar-refractivity contribution in [3.8, 4) is 22.4 Å². The molecule has 0 saturated heterocycles. The van der Waals surface area contributed by atoms with Crippen LogP contribution >= 0.6 is 0 Å². The number of rotatable bonds is 6. The second kappa shape index (κ2) is 16.1. The second-order valence-corrected chi connectivity index (χ2v) is 20.6. The van der Waals surface area contributed by atoms with Crippen molar-refractivity contribution in [3.63, 3.8) is 0 Å². The number of hydrogen-bond donors (Lipinski definition) is 1. The molecule has 0 atom stereocenters. The van der Waals surface area contributed by atoms with Crippen LogP contribution in [-0.2, 0) is 20.1 Å². The molecule has 0 bridgehead atoms. The smallest absolute Gasteiger partial charge is 0.189 e. The van der Waals surface area contributed by atoms with E-state index in [2.05, 4.69) is 104 Å². The van der Waals surface area contributed by atoms with E-state index in [0.717, 1.165) is 77.1 Å². The zero-order chi connectivity index (χ0) is 40.0. The first-order chi connectivity index (χ1) is 28.1. The van der Waals surface area contributed by atoms with E-state index in [9.17, 15) is 9.90 Å². The molecule has 0 spiro atoms. The Morgan fingerprint density at radius 2 is 1.34 bits per heavy atom. The van der Waals surface area contributed by atoms with E-state index in [-0.39, 0.29) is 31.6 Å². The Balaban J connectivity index is 0.000000227. The number of fused-ring (bicyclic) bond motifs is 7. The van der Waals surface area contributed by atoms with E-state index in [0.29, 0.717) is 16.8 Å². The van der Waals surface area contributed by atoms with Crippen molar-refractivity contribution in [3.05, 3.63) is 181 Å². The Morgan fingerprint density at radius 3 is 2.10 bits per heavy atom. The van der Waals surface area contributed by atoms with Crippen LogP contribution in [-0.4, -0.2) is 28.9 Å². The van der Waals surface area contributed by atoms with Crippen molar-refractivity contribution >= 4 is 79.7 Å². The molecule has 291 valence electrons. The van der Waals surface area contributed by atoms with E-state index in [1.807, 2.05) is 48.5 Å². The molecule has 6 aromatic carbocycles. The number of carbonyl (C=O) groups is 1. The topological polar surface area (TPSA) is 89.4 Å². The van der Waals surface area contributed by atoms with Gasteiger partial charge in [-0.1, -0.05) is 152 Å². The minimum absolute atomic E-state index is 0. The Hall–Kier alpha value is -6.44. The van der Waals surface area contributed by atoms with Gasteiger partial charge in [-0.2, -0.15) is 0 Å². The first kappa shape index (κ1) is 39.4. The van der Waals surface area contributed by atoms with Gasteiger partial charge in [-0.25, -0.2) is 0 Å². The van der Waals surface area contributed by atoms with Crippen molar-refractivity contribution in [2.75, 3.05) is 0 Å². The average Bonchev–Trinajstić information content (AvgIpc) is 3.82. The summed E-state index contributed by atoms with van der Waals surface area (Å²) < 4.78 is 12.5. The minimum atomic E-state index is -1.56. The molecule has 10 aromatic rings. The molecule has 4 aromatic heterocycles. The number of ketones is 1. The molecular formula is C51H39IrN2O4Si-. The third kappa shape index (κ3) is 7.66. The minimum Gasteiger partial charge on any atom is -0.507 e. The van der Waals surface area contributed by atoms with E-state index in [1.54, 1.807) is 36.4 Å². The third-order valence-electron chi connectivity index (χ3n) is 10.5. The van der Waals surface area contributed by atoms with Gasteiger partial charge in [0.2, 0.25) is 0 Å². The number of para-hydroxylation sites is 2. The third-order valence-corrected chi connectivity index (χ3v) is 12.6. The van der Waals surface area contributed by atoms with Crippen molar-refractivity contribution in [2.24, 2.45) is 0 Å². The number of aryl methyl sites for hydroxylation is 1. The average molecular weight is 964 g/mol. The zero-order valence-electron chi connectivity index (χ0n) is 32.9. The van der Waals surface area contributed by atoms with Crippen molar-refractivity contribution in [2.45, 2.75) is 26.6 Å². The number of aliphatic hydroxyl groups is 1. The predicted octanol–water partition coefficient (Wildman–Crippen LogP) is 12.9. The maximum atomic E-state index is 11.8. The van der Waals surface area contributed by atoms with Crippen LogP contribution in [0.5, 0.6) is 0 Å². The van der Waals surface area contributed by atoms with Gasteiger partial charge in [0.15, 0.2) is 5.78 Å². The molecule has 0 unspecified atom stereocenters. The Morgan fingerprint density at radius 1 is 0.661 bits per heavy atom. The van der Waals surface area contributed by atoms with Crippen molar-refractivity contribution in [1.29, 1.82) is 0 Å². The standard InChI is InChI=1S/C36H27N2O2Si.C15H12O2.Ir/c1-21-9-7-14-33-34(21)29-17-22(20-37-36(29)40-33)31-19-27(28-18-23(41(2,3)4)15-16-30(28)38-31)26-12-8-11-25-24-10-5-6-13-32(24)39-35(25)26;16-14(12-7-3-1-4-8-12)11-15(17)13-9-5-2-6-10-13;/h5-19H,1-4H3;1-11,16H;/q-1;;/b;14-11-;. The van der Waals surface area contributed by atoms with Crippen molar-refractivity contribution < 1.29 is 38.8 Å². The molecular weight excluding hydrogens is 925 g/mol. The summed E-state index contributed by atoms with van der Waals surface area (Å²) in [4.78, 5) is 21.5. The number of hydrogen-bond acceptors (Lipinski definition) is 6. The maximum absolute atomic E-state index is 11.8. The zero-order valence-corrected chi connectivity index (χ0v) is 36.3.